The quantitative estimate of drug-likeness (QED) is 0.206. The number of nitrogens with zero attached hydrogens (tertiary/aromatic N) is 6. The summed E-state index contributed by atoms with van der Waals surface area (Å²) in [5.41, 5.74) is 4.36. The standard InChI is InChI=1S/C27H32F2N6OSi/c1-37(2,3)14-13-36-19-35-26(22-15-20(6-7-23(22)33-35)21-5-4-10-30-17-21)24-16-25(32-18-31-24)34-11-8-27(28,29)9-12-34/h4-7,10,15-18H,8-9,11-14,19H2,1-3H3. The molecule has 0 bridgehead atoms. The highest BCUT2D eigenvalue weighted by Crippen LogP contribution is 2.34. The number of alkyl halides is 2. The Labute approximate surface area is 216 Å². The van der Waals surface area contributed by atoms with Crippen molar-refractivity contribution in [1.82, 2.24) is 24.7 Å². The molecule has 10 heteroatoms. The predicted molar refractivity (Wildman–Crippen MR) is 144 cm³/mol. The van der Waals surface area contributed by atoms with Crippen molar-refractivity contribution in [2.24, 2.45) is 0 Å². The van der Waals surface area contributed by atoms with E-state index in [0.29, 0.717) is 24.8 Å². The predicted octanol–water partition coefficient (Wildman–Crippen LogP) is 6.10. The van der Waals surface area contributed by atoms with E-state index in [1.807, 2.05) is 46.1 Å². The molecular formula is C27H32F2N6OSi. The fraction of sp³-hybridized carbons (Fsp3) is 0.407. The van der Waals surface area contributed by atoms with Crippen LogP contribution in [0.2, 0.25) is 25.7 Å². The fourth-order valence-electron chi connectivity index (χ4n) is 4.45. The van der Waals surface area contributed by atoms with Crippen LogP contribution in [0.15, 0.2) is 55.1 Å². The number of piperidine rings is 1. The number of pyridine rings is 1. The number of ether oxygens (including phenoxy) is 1. The second kappa shape index (κ2) is 10.3. The van der Waals surface area contributed by atoms with Gasteiger partial charge in [0.1, 0.15) is 18.9 Å². The number of hydrogen-bond acceptors (Lipinski definition) is 6. The van der Waals surface area contributed by atoms with Gasteiger partial charge < -0.3 is 9.64 Å². The molecule has 1 aliphatic heterocycles. The SMILES string of the molecule is C[Si](C)(C)CCOCn1nc2ccc(-c3cccnc3)cc2c1-c1cc(N2CCC(F)(F)CC2)ncn1. The molecule has 0 amide bonds. The van der Waals surface area contributed by atoms with Gasteiger partial charge in [0.05, 0.1) is 16.9 Å². The average Bonchev–Trinajstić information content (AvgIpc) is 3.24. The normalized spacial score (nSPS) is 15.9. The molecule has 0 N–H and O–H groups in total. The molecule has 1 fully saturated rings. The molecule has 0 saturated carbocycles. The molecule has 1 aromatic carbocycles. The lowest BCUT2D eigenvalue weighted by atomic mass is 10.0. The Balaban J connectivity index is 1.52. The summed E-state index contributed by atoms with van der Waals surface area (Å²) >= 11 is 0. The van der Waals surface area contributed by atoms with Gasteiger partial charge in [0, 0.05) is 70.0 Å². The van der Waals surface area contributed by atoms with Gasteiger partial charge >= 0.3 is 0 Å². The third-order valence-electron chi connectivity index (χ3n) is 6.66. The fourth-order valence-corrected chi connectivity index (χ4v) is 5.21. The molecule has 0 radical (unpaired) electrons. The molecule has 0 aliphatic carbocycles. The molecule has 4 aromatic rings. The summed E-state index contributed by atoms with van der Waals surface area (Å²) in [5, 5.41) is 5.77. The van der Waals surface area contributed by atoms with Gasteiger partial charge in [-0.2, -0.15) is 5.10 Å². The van der Waals surface area contributed by atoms with Crippen LogP contribution in [0, 0.1) is 0 Å². The maximum atomic E-state index is 13.7. The first-order chi connectivity index (χ1) is 17.7. The highest BCUT2D eigenvalue weighted by Gasteiger charge is 2.34. The Morgan fingerprint density at radius 2 is 1.84 bits per heavy atom. The average molecular weight is 523 g/mol. The molecule has 0 unspecified atom stereocenters. The van der Waals surface area contributed by atoms with Crippen molar-refractivity contribution in [3.05, 3.63) is 55.1 Å². The van der Waals surface area contributed by atoms with Crippen molar-refractivity contribution in [3.63, 3.8) is 0 Å². The van der Waals surface area contributed by atoms with Crippen LogP contribution in [0.25, 0.3) is 33.4 Å². The maximum Gasteiger partial charge on any atom is 0.251 e. The molecule has 194 valence electrons. The van der Waals surface area contributed by atoms with Crippen molar-refractivity contribution in [3.8, 4) is 22.5 Å². The summed E-state index contributed by atoms with van der Waals surface area (Å²) in [6, 6.07) is 13.0. The Kier molecular flexibility index (Phi) is 7.04. The van der Waals surface area contributed by atoms with Crippen LogP contribution in [0.1, 0.15) is 12.8 Å². The Morgan fingerprint density at radius 3 is 2.57 bits per heavy atom. The number of aromatic nitrogens is 5. The largest absolute Gasteiger partial charge is 0.360 e. The maximum absolute atomic E-state index is 13.7. The van der Waals surface area contributed by atoms with E-state index in [2.05, 4.69) is 40.7 Å². The minimum atomic E-state index is -2.61. The molecule has 37 heavy (non-hydrogen) atoms. The van der Waals surface area contributed by atoms with Crippen molar-refractivity contribution in [2.45, 2.75) is 51.2 Å². The summed E-state index contributed by atoms with van der Waals surface area (Å²) in [5.74, 6) is -1.97. The van der Waals surface area contributed by atoms with Gasteiger partial charge in [-0.15, -0.1) is 0 Å². The lowest BCUT2D eigenvalue weighted by Crippen LogP contribution is -2.39. The summed E-state index contributed by atoms with van der Waals surface area (Å²) < 4.78 is 35.4. The molecule has 0 spiro atoms. The van der Waals surface area contributed by atoms with Gasteiger partial charge in [0.25, 0.3) is 5.92 Å². The zero-order chi connectivity index (χ0) is 26.0. The number of rotatable bonds is 8. The Bertz CT molecular complexity index is 1360. The highest BCUT2D eigenvalue weighted by molar-refractivity contribution is 6.76. The molecule has 5 rings (SSSR count). The van der Waals surface area contributed by atoms with Gasteiger partial charge in [-0.3, -0.25) is 4.98 Å². The van der Waals surface area contributed by atoms with Crippen molar-refractivity contribution >= 4 is 24.8 Å². The van der Waals surface area contributed by atoms with E-state index in [0.717, 1.165) is 33.8 Å². The van der Waals surface area contributed by atoms with Crippen molar-refractivity contribution in [2.75, 3.05) is 24.6 Å². The van der Waals surface area contributed by atoms with Crippen LogP contribution in [0.4, 0.5) is 14.6 Å². The lowest BCUT2D eigenvalue weighted by Gasteiger charge is -2.32. The smallest absolute Gasteiger partial charge is 0.251 e. The molecule has 1 saturated heterocycles. The Hall–Kier alpha value is -3.24. The monoisotopic (exact) mass is 522 g/mol. The van der Waals surface area contributed by atoms with E-state index in [9.17, 15) is 8.78 Å². The zero-order valence-corrected chi connectivity index (χ0v) is 22.5. The minimum absolute atomic E-state index is 0.174. The van der Waals surface area contributed by atoms with Gasteiger partial charge in [-0.1, -0.05) is 31.8 Å². The zero-order valence-electron chi connectivity index (χ0n) is 21.5. The number of halogens is 2. The summed E-state index contributed by atoms with van der Waals surface area (Å²) in [6.45, 7) is 8.45. The second-order valence-corrected chi connectivity index (χ2v) is 16.4. The summed E-state index contributed by atoms with van der Waals surface area (Å²) in [4.78, 5) is 15.1. The molecule has 4 heterocycles. The molecular weight excluding hydrogens is 490 g/mol. The minimum Gasteiger partial charge on any atom is -0.360 e. The van der Waals surface area contributed by atoms with Crippen LogP contribution in [-0.4, -0.2) is 58.4 Å². The number of fused-ring (bicyclic) bond motifs is 1. The summed E-state index contributed by atoms with van der Waals surface area (Å²) in [7, 11) is -1.23. The third-order valence-corrected chi connectivity index (χ3v) is 8.36. The van der Waals surface area contributed by atoms with Crippen LogP contribution >= 0.6 is 0 Å². The van der Waals surface area contributed by atoms with E-state index in [1.165, 1.54) is 6.33 Å². The number of hydrogen-bond donors (Lipinski definition) is 0. The van der Waals surface area contributed by atoms with Gasteiger partial charge in [-0.25, -0.2) is 23.4 Å². The van der Waals surface area contributed by atoms with Gasteiger partial charge in [-0.05, 0) is 29.8 Å². The molecule has 0 atom stereocenters. The van der Waals surface area contributed by atoms with E-state index < -0.39 is 14.0 Å². The first-order valence-electron chi connectivity index (χ1n) is 12.6. The number of anilines is 1. The van der Waals surface area contributed by atoms with E-state index >= 15 is 0 Å². The Morgan fingerprint density at radius 1 is 1.03 bits per heavy atom. The van der Waals surface area contributed by atoms with Crippen molar-refractivity contribution < 1.29 is 13.5 Å². The summed E-state index contributed by atoms with van der Waals surface area (Å²) in [6.07, 6.45) is 4.73. The molecule has 1 aliphatic rings. The highest BCUT2D eigenvalue weighted by atomic mass is 28.3. The van der Waals surface area contributed by atoms with Crippen LogP contribution in [-0.2, 0) is 11.5 Å². The first kappa shape index (κ1) is 25.4. The second-order valence-electron chi connectivity index (χ2n) is 10.8. The number of benzene rings is 1. The van der Waals surface area contributed by atoms with E-state index in [4.69, 9.17) is 9.84 Å². The molecule has 3 aromatic heterocycles. The van der Waals surface area contributed by atoms with Gasteiger partial charge in [0.15, 0.2) is 0 Å². The topological polar surface area (TPSA) is 69.0 Å². The molecule has 7 nitrogen and oxygen atoms in total. The van der Waals surface area contributed by atoms with Crippen LogP contribution in [0.3, 0.4) is 0 Å². The van der Waals surface area contributed by atoms with Gasteiger partial charge in [0.2, 0.25) is 0 Å². The van der Waals surface area contributed by atoms with Crippen molar-refractivity contribution in [1.29, 1.82) is 0 Å². The first-order valence-corrected chi connectivity index (χ1v) is 16.3. The van der Waals surface area contributed by atoms with E-state index in [-0.39, 0.29) is 25.9 Å². The van der Waals surface area contributed by atoms with E-state index in [1.54, 1.807) is 6.20 Å². The lowest BCUT2D eigenvalue weighted by molar-refractivity contribution is -0.0221. The van der Waals surface area contributed by atoms with Crippen LogP contribution < -0.4 is 4.90 Å². The third kappa shape index (κ3) is 6.02. The van der Waals surface area contributed by atoms with Crippen LogP contribution in [0.5, 0.6) is 0 Å².